The number of pyridine rings is 1. The minimum Gasteiger partial charge on any atom is -0.444 e. The van der Waals surface area contributed by atoms with E-state index in [1.54, 1.807) is 27.7 Å². The molecule has 2 aromatic rings. The van der Waals surface area contributed by atoms with E-state index in [1.807, 2.05) is 0 Å². The van der Waals surface area contributed by atoms with Crippen LogP contribution in [0.25, 0.3) is 10.9 Å². The van der Waals surface area contributed by atoms with Crippen LogP contribution in [-0.4, -0.2) is 16.7 Å². The summed E-state index contributed by atoms with van der Waals surface area (Å²) in [5, 5.41) is 2.80. The third kappa shape index (κ3) is 4.28. The number of carbonyl (C=O) groups excluding carboxylic acids is 1. The third-order valence-corrected chi connectivity index (χ3v) is 3.33. The van der Waals surface area contributed by atoms with E-state index in [2.05, 4.69) is 10.3 Å². The number of rotatable bonds is 2. The summed E-state index contributed by atoms with van der Waals surface area (Å²) in [5.74, 6) is -1.47. The summed E-state index contributed by atoms with van der Waals surface area (Å²) in [6.07, 6.45) is -0.624. The van der Waals surface area contributed by atoms with Crippen molar-refractivity contribution in [2.45, 2.75) is 39.3 Å². The first-order valence-corrected chi connectivity index (χ1v) is 7.39. The van der Waals surface area contributed by atoms with Gasteiger partial charge in [-0.25, -0.2) is 18.6 Å². The van der Waals surface area contributed by atoms with Crippen LogP contribution in [0.15, 0.2) is 18.2 Å². The standard InChI is InChI=1S/C16H17ClF2N2O2/c1-8(20-15(22)23-16(2,3)4)10-7-11-12(19)5-9(18)6-13(11)21-14(10)17/h5-8H,1-4H3,(H,20,22)/t8-/m0/s1. The van der Waals surface area contributed by atoms with Crippen molar-refractivity contribution in [2.24, 2.45) is 0 Å². The Hall–Kier alpha value is -1.95. The molecule has 0 radical (unpaired) electrons. The Morgan fingerprint density at radius 2 is 1.96 bits per heavy atom. The molecule has 0 bridgehead atoms. The van der Waals surface area contributed by atoms with E-state index in [1.165, 1.54) is 6.07 Å². The van der Waals surface area contributed by atoms with Gasteiger partial charge in [0.2, 0.25) is 0 Å². The molecule has 124 valence electrons. The van der Waals surface area contributed by atoms with Crippen molar-refractivity contribution in [1.29, 1.82) is 0 Å². The van der Waals surface area contributed by atoms with Gasteiger partial charge in [-0.15, -0.1) is 0 Å². The zero-order valence-corrected chi connectivity index (χ0v) is 14.0. The number of alkyl carbamates (subject to hydrolysis) is 1. The third-order valence-electron chi connectivity index (χ3n) is 3.03. The smallest absolute Gasteiger partial charge is 0.408 e. The van der Waals surface area contributed by atoms with E-state index in [0.29, 0.717) is 5.56 Å². The van der Waals surface area contributed by atoms with E-state index in [9.17, 15) is 13.6 Å². The van der Waals surface area contributed by atoms with Crippen molar-refractivity contribution in [2.75, 3.05) is 0 Å². The van der Waals surface area contributed by atoms with Crippen molar-refractivity contribution < 1.29 is 18.3 Å². The number of hydrogen-bond acceptors (Lipinski definition) is 3. The highest BCUT2D eigenvalue weighted by atomic mass is 35.5. The molecule has 1 aromatic carbocycles. The van der Waals surface area contributed by atoms with Crippen molar-refractivity contribution in [3.63, 3.8) is 0 Å². The molecule has 0 unspecified atom stereocenters. The summed E-state index contributed by atoms with van der Waals surface area (Å²) in [7, 11) is 0. The first-order valence-electron chi connectivity index (χ1n) is 7.01. The van der Waals surface area contributed by atoms with Crippen LogP contribution in [0.3, 0.4) is 0 Å². The molecule has 0 fully saturated rings. The fourth-order valence-corrected chi connectivity index (χ4v) is 2.37. The Kier molecular flexibility index (Phi) is 4.75. The van der Waals surface area contributed by atoms with Gasteiger partial charge in [0.1, 0.15) is 22.4 Å². The molecule has 7 heteroatoms. The summed E-state index contributed by atoms with van der Waals surface area (Å²) >= 11 is 6.07. The lowest BCUT2D eigenvalue weighted by Gasteiger charge is -2.22. The molecule has 1 N–H and O–H groups in total. The van der Waals surface area contributed by atoms with Gasteiger partial charge in [0.05, 0.1) is 11.6 Å². The van der Waals surface area contributed by atoms with Crippen LogP contribution in [0.1, 0.15) is 39.3 Å². The second-order valence-corrected chi connectivity index (χ2v) is 6.55. The zero-order valence-electron chi connectivity index (χ0n) is 13.2. The molecule has 0 saturated carbocycles. The van der Waals surface area contributed by atoms with Crippen molar-refractivity contribution in [1.82, 2.24) is 10.3 Å². The number of amides is 1. The Morgan fingerprint density at radius 1 is 1.30 bits per heavy atom. The summed E-state index contributed by atoms with van der Waals surface area (Å²) in [4.78, 5) is 15.8. The summed E-state index contributed by atoms with van der Waals surface area (Å²) in [6, 6.07) is 2.76. The van der Waals surface area contributed by atoms with E-state index < -0.39 is 29.4 Å². The molecule has 1 aromatic heterocycles. The Morgan fingerprint density at radius 3 is 2.57 bits per heavy atom. The number of ether oxygens (including phenoxy) is 1. The molecule has 1 heterocycles. The van der Waals surface area contributed by atoms with Gasteiger partial charge in [0.15, 0.2) is 0 Å². The number of hydrogen-bond donors (Lipinski definition) is 1. The van der Waals surface area contributed by atoms with Crippen LogP contribution >= 0.6 is 11.6 Å². The monoisotopic (exact) mass is 342 g/mol. The minimum atomic E-state index is -0.741. The van der Waals surface area contributed by atoms with Crippen LogP contribution < -0.4 is 5.32 Å². The molecule has 23 heavy (non-hydrogen) atoms. The summed E-state index contributed by atoms with van der Waals surface area (Å²) in [5.41, 5.74) is -0.116. The van der Waals surface area contributed by atoms with Crippen molar-refractivity contribution >= 4 is 28.6 Å². The van der Waals surface area contributed by atoms with E-state index in [-0.39, 0.29) is 16.1 Å². The average molecular weight is 343 g/mol. The van der Waals surface area contributed by atoms with Gasteiger partial charge in [0, 0.05) is 23.1 Å². The first-order chi connectivity index (χ1) is 10.6. The molecule has 1 atom stereocenters. The summed E-state index contributed by atoms with van der Waals surface area (Å²) < 4.78 is 32.3. The van der Waals surface area contributed by atoms with Gasteiger partial charge in [-0.2, -0.15) is 0 Å². The van der Waals surface area contributed by atoms with E-state index in [4.69, 9.17) is 16.3 Å². The van der Waals surface area contributed by atoms with Crippen LogP contribution in [0, 0.1) is 11.6 Å². The van der Waals surface area contributed by atoms with Crippen LogP contribution in [0.5, 0.6) is 0 Å². The van der Waals surface area contributed by atoms with Gasteiger partial charge in [-0.05, 0) is 33.8 Å². The maximum absolute atomic E-state index is 13.9. The van der Waals surface area contributed by atoms with Crippen LogP contribution in [0.4, 0.5) is 13.6 Å². The molecule has 0 aliphatic carbocycles. The van der Waals surface area contributed by atoms with Gasteiger partial charge in [0.25, 0.3) is 0 Å². The highest BCUT2D eigenvalue weighted by molar-refractivity contribution is 6.30. The number of carbonyl (C=O) groups is 1. The lowest BCUT2D eigenvalue weighted by Crippen LogP contribution is -2.34. The maximum Gasteiger partial charge on any atom is 0.408 e. The molecule has 4 nitrogen and oxygen atoms in total. The van der Waals surface area contributed by atoms with Gasteiger partial charge >= 0.3 is 6.09 Å². The average Bonchev–Trinajstić information content (AvgIpc) is 2.34. The lowest BCUT2D eigenvalue weighted by atomic mass is 10.1. The number of aromatic nitrogens is 1. The predicted molar refractivity (Wildman–Crippen MR) is 84.5 cm³/mol. The molecule has 0 spiro atoms. The Bertz CT molecular complexity index is 760. The predicted octanol–water partition coefficient (Wildman–Crippen LogP) is 4.75. The topological polar surface area (TPSA) is 51.2 Å². The number of nitrogens with zero attached hydrogens (tertiary/aromatic N) is 1. The number of nitrogens with one attached hydrogen (secondary N) is 1. The van der Waals surface area contributed by atoms with E-state index >= 15 is 0 Å². The highest BCUT2D eigenvalue weighted by Gasteiger charge is 2.20. The van der Waals surface area contributed by atoms with Crippen molar-refractivity contribution in [3.8, 4) is 0 Å². The SMILES string of the molecule is C[C@H](NC(=O)OC(C)(C)C)c1cc2c(F)cc(F)cc2nc1Cl. The van der Waals surface area contributed by atoms with Gasteiger partial charge in [-0.3, -0.25) is 0 Å². The molecule has 2 rings (SSSR count). The van der Waals surface area contributed by atoms with E-state index in [0.717, 1.165) is 12.1 Å². The minimum absolute atomic E-state index is 0.0612. The second-order valence-electron chi connectivity index (χ2n) is 6.19. The number of fused-ring (bicyclic) bond motifs is 1. The zero-order chi connectivity index (χ0) is 17.4. The summed E-state index contributed by atoms with van der Waals surface area (Å²) in [6.45, 7) is 6.89. The van der Waals surface area contributed by atoms with Gasteiger partial charge in [-0.1, -0.05) is 11.6 Å². The molecule has 1 amide bonds. The maximum atomic E-state index is 13.9. The lowest BCUT2D eigenvalue weighted by molar-refractivity contribution is 0.0508. The molecular weight excluding hydrogens is 326 g/mol. The molecular formula is C16H17ClF2N2O2. The second kappa shape index (κ2) is 6.28. The largest absolute Gasteiger partial charge is 0.444 e. The molecule has 0 aliphatic rings. The van der Waals surface area contributed by atoms with Crippen LogP contribution in [-0.2, 0) is 4.74 Å². The normalized spacial score (nSPS) is 13.0. The molecule has 0 saturated heterocycles. The number of benzene rings is 1. The Labute approximate surface area is 137 Å². The molecule has 0 aliphatic heterocycles. The quantitative estimate of drug-likeness (QED) is 0.801. The first kappa shape index (κ1) is 17.4. The van der Waals surface area contributed by atoms with Crippen molar-refractivity contribution in [3.05, 3.63) is 40.6 Å². The fourth-order valence-electron chi connectivity index (χ4n) is 2.06. The Balaban J connectivity index is 2.32. The van der Waals surface area contributed by atoms with Crippen LogP contribution in [0.2, 0.25) is 5.15 Å². The number of halogens is 3. The fraction of sp³-hybridized carbons (Fsp3) is 0.375. The van der Waals surface area contributed by atoms with Gasteiger partial charge < -0.3 is 10.1 Å². The highest BCUT2D eigenvalue weighted by Crippen LogP contribution is 2.28.